The van der Waals surface area contributed by atoms with Crippen molar-refractivity contribution in [1.82, 2.24) is 14.6 Å². The monoisotopic (exact) mass is 548 g/mol. The number of nitrogen functional groups attached to an aromatic ring is 1. The molecule has 0 spiro atoms. The van der Waals surface area contributed by atoms with E-state index in [4.69, 9.17) is 19.6 Å². The fraction of sp³-hybridized carbons (Fsp3) is 0.214. The van der Waals surface area contributed by atoms with Crippen LogP contribution in [-0.4, -0.2) is 57.0 Å². The molecule has 5 rings (SSSR count). The van der Waals surface area contributed by atoms with Gasteiger partial charge in [0.05, 0.1) is 31.8 Å². The van der Waals surface area contributed by atoms with Crippen molar-refractivity contribution in [1.29, 1.82) is 0 Å². The number of carbonyl (C=O) groups is 1. The van der Waals surface area contributed by atoms with Crippen LogP contribution in [0, 0.1) is 0 Å². The number of nitrogens with one attached hydrogen (secondary N) is 1. The van der Waals surface area contributed by atoms with Gasteiger partial charge in [-0.2, -0.15) is 4.31 Å². The largest absolute Gasteiger partial charge is 0.493 e. The molecule has 2 aromatic carbocycles. The Hall–Kier alpha value is -4.19. The normalized spacial score (nSPS) is 14.6. The first-order chi connectivity index (χ1) is 18.8. The molecule has 202 valence electrons. The number of hydrogen-bond acceptors (Lipinski definition) is 8. The van der Waals surface area contributed by atoms with E-state index < -0.39 is 10.0 Å². The van der Waals surface area contributed by atoms with E-state index in [0.717, 1.165) is 22.1 Å². The van der Waals surface area contributed by atoms with E-state index in [1.54, 1.807) is 55.8 Å². The number of anilines is 1. The fourth-order valence-corrected chi connectivity index (χ4v) is 5.66. The van der Waals surface area contributed by atoms with Crippen molar-refractivity contribution in [3.05, 3.63) is 78.2 Å². The predicted octanol–water partition coefficient (Wildman–Crippen LogP) is 3.44. The van der Waals surface area contributed by atoms with Gasteiger partial charge in [0.1, 0.15) is 11.6 Å². The van der Waals surface area contributed by atoms with Crippen LogP contribution in [0.25, 0.3) is 28.2 Å². The Bertz CT molecular complexity index is 1610. The summed E-state index contributed by atoms with van der Waals surface area (Å²) in [4.78, 5) is 16.5. The number of carbonyl (C=O) groups excluding carboxylic acids is 1. The van der Waals surface area contributed by atoms with Gasteiger partial charge in [0.15, 0.2) is 11.3 Å². The number of hydrogen-bond donors (Lipinski definition) is 2. The number of pyridine rings is 1. The molecule has 1 aliphatic heterocycles. The number of rotatable bonds is 8. The van der Waals surface area contributed by atoms with Gasteiger partial charge in [-0.1, -0.05) is 12.1 Å². The number of benzene rings is 2. The van der Waals surface area contributed by atoms with Crippen molar-refractivity contribution < 1.29 is 27.1 Å². The van der Waals surface area contributed by atoms with E-state index in [0.29, 0.717) is 49.2 Å². The van der Waals surface area contributed by atoms with E-state index >= 15 is 0 Å². The lowest BCUT2D eigenvalue weighted by atomic mass is 10.0. The first-order valence-corrected chi connectivity index (χ1v) is 13.7. The molecule has 0 radical (unpaired) electrons. The van der Waals surface area contributed by atoms with Crippen molar-refractivity contribution in [2.75, 3.05) is 39.1 Å². The molecule has 3 heterocycles. The van der Waals surface area contributed by atoms with Gasteiger partial charge < -0.3 is 24.9 Å². The molecule has 0 aliphatic carbocycles. The number of ether oxygens (including phenoxy) is 2. The zero-order valence-electron chi connectivity index (χ0n) is 21.3. The average molecular weight is 549 g/mol. The zero-order chi connectivity index (χ0) is 27.4. The van der Waals surface area contributed by atoms with E-state index in [2.05, 4.69) is 10.3 Å². The van der Waals surface area contributed by atoms with Crippen LogP contribution in [0.3, 0.4) is 0 Å². The molecule has 1 saturated heterocycles. The van der Waals surface area contributed by atoms with Crippen molar-refractivity contribution in [3.63, 3.8) is 0 Å². The lowest BCUT2D eigenvalue weighted by molar-refractivity contribution is -0.116. The minimum Gasteiger partial charge on any atom is -0.493 e. The van der Waals surface area contributed by atoms with Gasteiger partial charge in [-0.25, -0.2) is 13.4 Å². The number of nitrogens with zero attached hydrogens (tertiary/aromatic N) is 2. The number of nitrogens with two attached hydrogens (primary N) is 1. The maximum Gasteiger partial charge on any atom is 0.244 e. The molecule has 39 heavy (non-hydrogen) atoms. The van der Waals surface area contributed by atoms with E-state index in [9.17, 15) is 13.2 Å². The van der Waals surface area contributed by atoms with Crippen LogP contribution in [0.2, 0.25) is 0 Å². The highest BCUT2D eigenvalue weighted by atomic mass is 32.2. The molecule has 0 unspecified atom stereocenters. The Morgan fingerprint density at radius 2 is 1.87 bits per heavy atom. The number of furan rings is 1. The van der Waals surface area contributed by atoms with Crippen LogP contribution in [0.4, 0.5) is 5.82 Å². The van der Waals surface area contributed by atoms with Gasteiger partial charge in [0.2, 0.25) is 15.9 Å². The second-order valence-corrected chi connectivity index (χ2v) is 10.9. The van der Waals surface area contributed by atoms with Crippen LogP contribution in [0.15, 0.2) is 76.2 Å². The Morgan fingerprint density at radius 3 is 2.56 bits per heavy atom. The van der Waals surface area contributed by atoms with E-state index in [-0.39, 0.29) is 17.3 Å². The topological polar surface area (TPSA) is 137 Å². The molecule has 3 N–H and O–H groups in total. The third kappa shape index (κ3) is 5.95. The first-order valence-electron chi connectivity index (χ1n) is 12.3. The summed E-state index contributed by atoms with van der Waals surface area (Å²) in [5.74, 6) is 1.21. The van der Waals surface area contributed by atoms with Crippen LogP contribution in [0.1, 0.15) is 11.3 Å². The lowest BCUT2D eigenvalue weighted by Crippen LogP contribution is -2.40. The van der Waals surface area contributed by atoms with Crippen molar-refractivity contribution in [2.45, 2.75) is 11.4 Å². The third-order valence-electron chi connectivity index (χ3n) is 6.32. The Balaban J connectivity index is 1.31. The summed E-state index contributed by atoms with van der Waals surface area (Å²) in [5, 5.41) is 3.59. The van der Waals surface area contributed by atoms with Crippen LogP contribution in [-0.2, 0) is 26.1 Å². The maximum atomic E-state index is 12.9. The van der Waals surface area contributed by atoms with Gasteiger partial charge in [-0.15, -0.1) is 0 Å². The highest BCUT2D eigenvalue weighted by Gasteiger charge is 2.26. The minimum absolute atomic E-state index is 0.185. The van der Waals surface area contributed by atoms with Crippen LogP contribution < -0.4 is 15.8 Å². The molecule has 1 fully saturated rings. The Labute approximate surface area is 226 Å². The van der Waals surface area contributed by atoms with Crippen molar-refractivity contribution in [2.24, 2.45) is 0 Å². The molecule has 11 heteroatoms. The number of aromatic nitrogens is 1. The highest BCUT2D eigenvalue weighted by Crippen LogP contribution is 2.35. The second-order valence-electron chi connectivity index (χ2n) is 8.92. The summed E-state index contributed by atoms with van der Waals surface area (Å²) in [6, 6.07) is 15.8. The van der Waals surface area contributed by atoms with Gasteiger partial charge in [0.25, 0.3) is 0 Å². The van der Waals surface area contributed by atoms with E-state index in [1.807, 2.05) is 18.2 Å². The highest BCUT2D eigenvalue weighted by molar-refractivity contribution is 7.89. The molecule has 1 amide bonds. The van der Waals surface area contributed by atoms with Crippen LogP contribution in [0.5, 0.6) is 5.75 Å². The number of morpholine rings is 1. The number of amides is 1. The quantitative estimate of drug-likeness (QED) is 0.320. The second kappa shape index (κ2) is 11.3. The van der Waals surface area contributed by atoms with Gasteiger partial charge in [-0.05, 0) is 65.2 Å². The minimum atomic E-state index is -3.57. The summed E-state index contributed by atoms with van der Waals surface area (Å²) in [6.45, 7) is 1.66. The molecule has 2 aromatic heterocycles. The maximum absolute atomic E-state index is 12.9. The zero-order valence-corrected chi connectivity index (χ0v) is 22.1. The molecule has 10 nitrogen and oxygen atoms in total. The van der Waals surface area contributed by atoms with Crippen LogP contribution >= 0.6 is 0 Å². The van der Waals surface area contributed by atoms with E-state index in [1.165, 1.54) is 10.4 Å². The smallest absolute Gasteiger partial charge is 0.244 e. The Morgan fingerprint density at radius 1 is 1.10 bits per heavy atom. The van der Waals surface area contributed by atoms with Crippen molar-refractivity contribution in [3.8, 4) is 16.9 Å². The summed E-state index contributed by atoms with van der Waals surface area (Å²) in [6.07, 6.45) is 4.64. The first kappa shape index (κ1) is 26.4. The third-order valence-corrected chi connectivity index (χ3v) is 8.23. The van der Waals surface area contributed by atoms with Gasteiger partial charge in [-0.3, -0.25) is 4.79 Å². The average Bonchev–Trinajstić information content (AvgIpc) is 3.39. The molecule has 0 atom stereocenters. The molecular formula is C28H28N4O6S. The summed E-state index contributed by atoms with van der Waals surface area (Å²) < 4.78 is 44.1. The summed E-state index contributed by atoms with van der Waals surface area (Å²) in [5.41, 5.74) is 8.56. The molecular weight excluding hydrogens is 520 g/mol. The van der Waals surface area contributed by atoms with Gasteiger partial charge in [0, 0.05) is 30.7 Å². The lowest BCUT2D eigenvalue weighted by Gasteiger charge is -2.26. The van der Waals surface area contributed by atoms with Crippen molar-refractivity contribution >= 4 is 38.8 Å². The predicted molar refractivity (Wildman–Crippen MR) is 147 cm³/mol. The number of methoxy groups -OCH3 is 1. The fourth-order valence-electron chi connectivity index (χ4n) is 4.26. The summed E-state index contributed by atoms with van der Waals surface area (Å²) in [7, 11) is -2.02. The molecule has 0 bridgehead atoms. The number of fused-ring (bicyclic) bond motifs is 1. The molecule has 1 aliphatic rings. The Kier molecular flexibility index (Phi) is 7.64. The summed E-state index contributed by atoms with van der Waals surface area (Å²) >= 11 is 0. The molecule has 4 aromatic rings. The molecule has 0 saturated carbocycles. The SMILES string of the molecule is COc1cc(-c2ccc(S(=O)(=O)N3CCOCC3)cc2)cc2cc(CNC(=O)/C=C/c3ccc(N)nc3)oc12. The standard InChI is InChI=1S/C28H28N4O6S/c1-36-25-16-21(20-4-6-24(7-5-20)39(34,35)32-10-12-37-13-11-32)14-22-15-23(38-28(22)25)18-31-27(33)9-3-19-2-8-26(29)30-17-19/h2-9,14-17H,10-13,18H2,1H3,(H2,29,30)(H,31,33)/b9-3+. The van der Waals surface area contributed by atoms with Gasteiger partial charge >= 0.3 is 0 Å². The number of sulfonamides is 1.